The van der Waals surface area contributed by atoms with Crippen LogP contribution in [0.25, 0.3) is 0 Å². The molecule has 0 aromatic heterocycles. The lowest BCUT2D eigenvalue weighted by molar-refractivity contribution is -0.455. The van der Waals surface area contributed by atoms with Gasteiger partial charge in [0.1, 0.15) is 13.1 Å². The summed E-state index contributed by atoms with van der Waals surface area (Å²) in [5.41, 5.74) is 5.53. The highest BCUT2D eigenvalue weighted by Gasteiger charge is 2.54. The minimum Gasteiger partial charge on any atom is -0.354 e. The van der Waals surface area contributed by atoms with Crippen LogP contribution in [0.5, 0.6) is 0 Å². The van der Waals surface area contributed by atoms with Gasteiger partial charge in [0.25, 0.3) is 0 Å². The molecule has 3 aromatic rings. The van der Waals surface area contributed by atoms with E-state index in [2.05, 4.69) is 6.07 Å². The Morgan fingerprint density at radius 3 is 2.44 bits per heavy atom. The Balaban J connectivity index is 1.66. The predicted molar refractivity (Wildman–Crippen MR) is 125 cm³/mol. The van der Waals surface area contributed by atoms with Crippen LogP contribution >= 0.6 is 11.6 Å². The third-order valence-corrected chi connectivity index (χ3v) is 6.36. The Morgan fingerprint density at radius 2 is 1.69 bits per heavy atom. The molecule has 1 atom stereocenters. The van der Waals surface area contributed by atoms with E-state index in [4.69, 9.17) is 11.6 Å². The van der Waals surface area contributed by atoms with E-state index >= 15 is 0 Å². The molecule has 0 N–H and O–H groups in total. The van der Waals surface area contributed by atoms with Crippen LogP contribution in [0, 0.1) is 6.92 Å². The maximum absolute atomic E-state index is 13.7. The van der Waals surface area contributed by atoms with Crippen LogP contribution in [0.15, 0.2) is 72.8 Å². The summed E-state index contributed by atoms with van der Waals surface area (Å²) in [6.45, 7) is 2.59. The second kappa shape index (κ2) is 7.92. The van der Waals surface area contributed by atoms with Crippen LogP contribution in [0.2, 0.25) is 5.02 Å². The highest BCUT2D eigenvalue weighted by Crippen LogP contribution is 2.35. The number of anilines is 1. The molecule has 0 bridgehead atoms. The Hall–Kier alpha value is -3.44. The average Bonchev–Trinajstić information content (AvgIpc) is 3.06. The normalized spacial score (nSPS) is 17.7. The molecule has 160 valence electrons. The van der Waals surface area contributed by atoms with Crippen LogP contribution in [0.4, 0.5) is 10.5 Å². The molecule has 2 aliphatic heterocycles. The van der Waals surface area contributed by atoms with Crippen molar-refractivity contribution in [1.82, 2.24) is 4.90 Å². The molecule has 0 saturated carbocycles. The third kappa shape index (κ3) is 3.39. The topological polar surface area (TPSA) is 43.6 Å². The lowest BCUT2D eigenvalue weighted by Gasteiger charge is -2.28. The maximum atomic E-state index is 13.7. The summed E-state index contributed by atoms with van der Waals surface area (Å²) >= 11 is 6.21. The number of carbonyl (C=O) groups is 2. The monoisotopic (exact) mass is 444 g/mol. The molecular formula is C26H23ClN3O2+. The van der Waals surface area contributed by atoms with Gasteiger partial charge >= 0.3 is 11.9 Å². The number of benzene rings is 3. The number of hydrogen-bond donors (Lipinski definition) is 0. The highest BCUT2D eigenvalue weighted by atomic mass is 35.5. The fourth-order valence-corrected chi connectivity index (χ4v) is 4.79. The van der Waals surface area contributed by atoms with Crippen molar-refractivity contribution in [3.63, 3.8) is 0 Å². The molecule has 2 heterocycles. The van der Waals surface area contributed by atoms with E-state index in [1.165, 1.54) is 4.90 Å². The first-order valence-electron chi connectivity index (χ1n) is 10.6. The zero-order valence-electron chi connectivity index (χ0n) is 18.0. The molecule has 6 heteroatoms. The number of fused-ring (bicyclic) bond motifs is 3. The first-order chi connectivity index (χ1) is 15.4. The Bertz CT molecular complexity index is 1270. The molecule has 1 unspecified atom stereocenters. The number of amides is 3. The number of carbonyl (C=O) groups excluding carboxylic acids is 2. The molecule has 0 spiro atoms. The van der Waals surface area contributed by atoms with Crippen molar-refractivity contribution in [2.45, 2.75) is 26.1 Å². The van der Waals surface area contributed by atoms with Crippen LogP contribution in [-0.4, -0.2) is 40.2 Å². The molecule has 3 amide bonds. The summed E-state index contributed by atoms with van der Waals surface area (Å²) in [5.74, 6) is -0.201. The van der Waals surface area contributed by atoms with Gasteiger partial charge in [-0.2, -0.15) is 14.3 Å². The summed E-state index contributed by atoms with van der Waals surface area (Å²) in [6, 6.07) is 22.3. The maximum Gasteiger partial charge on any atom is 0.501 e. The van der Waals surface area contributed by atoms with Crippen LogP contribution in [-0.2, 0) is 17.9 Å². The van der Waals surface area contributed by atoms with E-state index in [0.29, 0.717) is 11.6 Å². The van der Waals surface area contributed by atoms with E-state index < -0.39 is 6.04 Å². The number of hydrogen-bond acceptors (Lipinski definition) is 3. The molecular weight excluding hydrogens is 422 g/mol. The highest BCUT2D eigenvalue weighted by molar-refractivity contribution is 6.30. The molecule has 3 aromatic carbocycles. The Labute approximate surface area is 192 Å². The lowest BCUT2D eigenvalue weighted by Crippen LogP contribution is -2.59. The van der Waals surface area contributed by atoms with Gasteiger partial charge in [-0.25, -0.2) is 4.79 Å². The lowest BCUT2D eigenvalue weighted by atomic mass is 10.0. The number of halogens is 1. The van der Waals surface area contributed by atoms with Gasteiger partial charge in [0.15, 0.2) is 11.8 Å². The first kappa shape index (κ1) is 20.5. The second-order valence-corrected chi connectivity index (χ2v) is 8.76. The van der Waals surface area contributed by atoms with E-state index in [-0.39, 0.29) is 18.5 Å². The van der Waals surface area contributed by atoms with E-state index in [0.717, 1.165) is 33.7 Å². The SMILES string of the molecule is Cc1ccc2c(c1)C1=[N+](Cc3cccc(Cl)c3)C(=O)N(Cc3ccccc3)C(=O)C1N2C. The third-order valence-electron chi connectivity index (χ3n) is 6.12. The average molecular weight is 445 g/mol. The zero-order chi connectivity index (χ0) is 22.4. The van der Waals surface area contributed by atoms with Gasteiger partial charge in [-0.15, -0.1) is 0 Å². The predicted octanol–water partition coefficient (Wildman–Crippen LogP) is 4.63. The van der Waals surface area contributed by atoms with Gasteiger partial charge in [0.2, 0.25) is 0 Å². The largest absolute Gasteiger partial charge is 0.501 e. The number of nitrogens with zero attached hydrogens (tertiary/aromatic N) is 3. The van der Waals surface area contributed by atoms with Crippen molar-refractivity contribution in [1.29, 1.82) is 0 Å². The quantitative estimate of drug-likeness (QED) is 0.551. The molecule has 0 saturated heterocycles. The van der Waals surface area contributed by atoms with Crippen molar-refractivity contribution in [3.8, 4) is 0 Å². The van der Waals surface area contributed by atoms with Crippen molar-refractivity contribution >= 4 is 34.9 Å². The molecule has 0 fully saturated rings. The number of aryl methyl sites for hydroxylation is 1. The van der Waals surface area contributed by atoms with Gasteiger partial charge in [-0.3, -0.25) is 0 Å². The van der Waals surface area contributed by atoms with Gasteiger partial charge in [0.05, 0.1) is 0 Å². The van der Waals surface area contributed by atoms with Crippen molar-refractivity contribution < 1.29 is 14.2 Å². The fraction of sp³-hybridized carbons (Fsp3) is 0.192. The van der Waals surface area contributed by atoms with E-state index in [9.17, 15) is 9.59 Å². The van der Waals surface area contributed by atoms with Crippen molar-refractivity contribution in [2.75, 3.05) is 11.9 Å². The smallest absolute Gasteiger partial charge is 0.354 e. The van der Waals surface area contributed by atoms with Crippen molar-refractivity contribution in [3.05, 3.63) is 100 Å². The second-order valence-electron chi connectivity index (χ2n) is 8.33. The minimum absolute atomic E-state index is 0.201. The summed E-state index contributed by atoms with van der Waals surface area (Å²) in [4.78, 5) is 30.7. The number of urea groups is 1. The molecule has 5 nitrogen and oxygen atoms in total. The number of likely N-dealkylation sites (N-methyl/N-ethyl adjacent to an activating group) is 1. The molecule has 0 aliphatic carbocycles. The first-order valence-corrected chi connectivity index (χ1v) is 10.9. The van der Waals surface area contributed by atoms with Gasteiger partial charge in [0, 0.05) is 23.3 Å². The summed E-state index contributed by atoms with van der Waals surface area (Å²) in [6.07, 6.45) is 0. The molecule has 0 radical (unpaired) electrons. The Morgan fingerprint density at radius 1 is 0.938 bits per heavy atom. The van der Waals surface area contributed by atoms with E-state index in [1.54, 1.807) is 4.58 Å². The summed E-state index contributed by atoms with van der Waals surface area (Å²) < 4.78 is 1.74. The van der Waals surface area contributed by atoms with Gasteiger partial charge < -0.3 is 4.90 Å². The minimum atomic E-state index is -0.549. The van der Waals surface area contributed by atoms with Gasteiger partial charge in [-0.1, -0.05) is 65.7 Å². The van der Waals surface area contributed by atoms with Crippen molar-refractivity contribution in [2.24, 2.45) is 0 Å². The van der Waals surface area contributed by atoms with E-state index in [1.807, 2.05) is 85.6 Å². The van der Waals surface area contributed by atoms with Crippen LogP contribution in [0.3, 0.4) is 0 Å². The Kier molecular flexibility index (Phi) is 5.06. The number of rotatable bonds is 4. The summed E-state index contributed by atoms with van der Waals surface area (Å²) in [7, 11) is 1.91. The molecule has 5 rings (SSSR count). The fourth-order valence-electron chi connectivity index (χ4n) is 4.58. The van der Waals surface area contributed by atoms with Crippen LogP contribution < -0.4 is 4.90 Å². The number of imide groups is 1. The molecule has 32 heavy (non-hydrogen) atoms. The standard InChI is InChI=1S/C26H23ClN3O2/c1-17-11-12-22-21(13-17)23-24(28(22)2)25(31)30(15-18-7-4-3-5-8-18)26(32)29(23)16-19-9-6-10-20(27)14-19/h3-14,24H,15-16H2,1-2H3/q+1. The summed E-state index contributed by atoms with van der Waals surface area (Å²) in [5, 5.41) is 0.616. The van der Waals surface area contributed by atoms with Gasteiger partial charge in [-0.05, 0) is 42.3 Å². The zero-order valence-corrected chi connectivity index (χ0v) is 18.7. The molecule has 2 aliphatic rings. The van der Waals surface area contributed by atoms with Crippen LogP contribution in [0.1, 0.15) is 22.3 Å².